The average molecular weight is 1790 g/mol. The van der Waals surface area contributed by atoms with Crippen molar-refractivity contribution in [2.24, 2.45) is 0 Å². The molecule has 0 spiro atoms. The van der Waals surface area contributed by atoms with Gasteiger partial charge in [-0.25, -0.2) is 4.79 Å². The minimum Gasteiger partial charge on any atom is -0.488 e. The molecule has 3 aromatic carbocycles. The second-order valence-corrected chi connectivity index (χ2v) is 34.5. The number of thiazole rings is 1. The van der Waals surface area contributed by atoms with E-state index in [9.17, 15) is 75.6 Å². The fraction of sp³-hybridized carbons (Fsp3) is 0.333. The molecule has 4 fully saturated rings. The zero-order valence-corrected chi connectivity index (χ0v) is 69.0. The highest BCUT2D eigenvalue weighted by Gasteiger charge is 2.55. The Labute approximate surface area is 700 Å². The SMILES string of the molecule is C=C(C)O[C@@H]1[C@@H](OS(=O)(=O)c2ccc(C)cc2)[C@@H](COC(C)=O)O[C@H]1n1c(=O)sc2c(=O)[nH]c(N)nc21.C=C1Sc2c(nc(N)[nH]c2=O)N1[C@@H]1O[C@H](CO)[C@H](O)[C@H]1O.C=C1Sc2c(nc(N)[nH]c2=O)N1[C@@H]1O[C@H](CO)[C@H](OS(=O)(=O)c2ccc(C)cc2)[C@H]1O.C=C1[C@@H](OC(C)=O)[C@H](N2C(=C)Sc3c2nc(N)[nH]c3=O)O[C@@H]1COC(=O)c1ccccc1. The molecule has 0 saturated carbocycles. The smallest absolute Gasteiger partial charge is 0.338 e. The number of esters is 3. The van der Waals surface area contributed by atoms with Gasteiger partial charge in [0.25, 0.3) is 42.5 Å². The summed E-state index contributed by atoms with van der Waals surface area (Å²) in [5, 5.41) is 50.8. The Balaban J connectivity index is 0.000000150. The van der Waals surface area contributed by atoms with Crippen LogP contribution in [0.1, 0.15) is 48.5 Å². The molecule has 17 N–H and O–H groups in total. The maximum atomic E-state index is 13.2. The van der Waals surface area contributed by atoms with Gasteiger partial charge >= 0.3 is 22.8 Å². The molecule has 7 aliphatic heterocycles. The van der Waals surface area contributed by atoms with Gasteiger partial charge in [0.05, 0.1) is 49.4 Å². The first-order valence-corrected chi connectivity index (χ1v) is 41.8. The number of nitrogens with zero attached hydrogens (tertiary/aromatic N) is 8. The number of nitrogens with two attached hydrogens (primary N) is 4. The zero-order chi connectivity index (χ0) is 87.9. The van der Waals surface area contributed by atoms with Gasteiger partial charge < -0.3 is 86.4 Å². The lowest BCUT2D eigenvalue weighted by atomic mass is 10.1. The minimum atomic E-state index is -4.36. The van der Waals surface area contributed by atoms with Crippen molar-refractivity contribution in [2.75, 3.05) is 64.1 Å². The van der Waals surface area contributed by atoms with E-state index in [4.69, 9.17) is 74.3 Å². The van der Waals surface area contributed by atoms with E-state index in [1.807, 2.05) is 6.92 Å². The van der Waals surface area contributed by atoms with Crippen molar-refractivity contribution in [3.05, 3.63) is 206 Å². The van der Waals surface area contributed by atoms with Crippen molar-refractivity contribution >= 4 is 136 Å². The summed E-state index contributed by atoms with van der Waals surface area (Å²) in [5.74, 6) is -1.57. The maximum absolute atomic E-state index is 13.2. The van der Waals surface area contributed by atoms with Crippen LogP contribution in [0.3, 0.4) is 0 Å². The summed E-state index contributed by atoms with van der Waals surface area (Å²) < 4.78 is 109. The molecule has 0 aliphatic carbocycles. The van der Waals surface area contributed by atoms with E-state index in [-0.39, 0.29) is 83.5 Å². The topological polar surface area (TPSA) is 632 Å². The Morgan fingerprint density at radius 2 is 0.967 bits per heavy atom. The summed E-state index contributed by atoms with van der Waals surface area (Å²) in [6.07, 6.45) is -17.6. The van der Waals surface area contributed by atoms with Gasteiger partial charge in [-0.05, 0) is 62.7 Å². The molecule has 121 heavy (non-hydrogen) atoms. The summed E-state index contributed by atoms with van der Waals surface area (Å²) in [6.45, 7) is 25.2. The third-order valence-electron chi connectivity index (χ3n) is 18.5. The number of fused-ring (bicyclic) bond motifs is 4. The molecule has 4 saturated heterocycles. The molecule has 15 rings (SSSR count). The van der Waals surface area contributed by atoms with Gasteiger partial charge in [-0.3, -0.25) is 81.1 Å². The highest BCUT2D eigenvalue weighted by molar-refractivity contribution is 8.04. The van der Waals surface area contributed by atoms with Gasteiger partial charge in [-0.1, -0.05) is 133 Å². The quantitative estimate of drug-likeness (QED) is 0.0167. The molecule has 12 heterocycles. The number of carbonyl (C=O) groups excluding carboxylic acids is 3. The minimum absolute atomic E-state index is 0.0231. The van der Waals surface area contributed by atoms with Gasteiger partial charge in [-0.15, -0.1) is 0 Å². The van der Waals surface area contributed by atoms with Crippen LogP contribution >= 0.6 is 46.6 Å². The second kappa shape index (κ2) is 36.3. The lowest BCUT2D eigenvalue weighted by Gasteiger charge is -2.29. The van der Waals surface area contributed by atoms with Crippen LogP contribution in [-0.2, 0) is 76.1 Å². The Morgan fingerprint density at radius 3 is 1.43 bits per heavy atom. The molecule has 644 valence electrons. The highest BCUT2D eigenvalue weighted by Crippen LogP contribution is 2.50. The Kier molecular flexibility index (Phi) is 26.7. The van der Waals surface area contributed by atoms with Gasteiger partial charge in [0.15, 0.2) is 60.2 Å². The molecule has 43 nitrogen and oxygen atoms in total. The number of thioether (sulfide) groups is 3. The molecule has 0 radical (unpaired) electrons. The second-order valence-electron chi connectivity index (χ2n) is 27.1. The predicted octanol–water partition coefficient (Wildman–Crippen LogP) is 1.07. The molecule has 0 unspecified atom stereocenters. The van der Waals surface area contributed by atoms with Crippen LogP contribution < -0.4 is 64.7 Å². The number of carbonyl (C=O) groups is 3. The molecule has 0 amide bonds. The van der Waals surface area contributed by atoms with E-state index in [0.29, 0.717) is 42.5 Å². The van der Waals surface area contributed by atoms with E-state index >= 15 is 0 Å². The van der Waals surface area contributed by atoms with E-state index in [2.05, 4.69) is 72.8 Å². The average Bonchev–Trinajstić information content (AvgIpc) is 1.60. The first-order valence-electron chi connectivity index (χ1n) is 35.7. The summed E-state index contributed by atoms with van der Waals surface area (Å²) in [4.78, 5) is 127. The van der Waals surface area contributed by atoms with Crippen LogP contribution in [0, 0.1) is 13.8 Å². The summed E-state index contributed by atoms with van der Waals surface area (Å²) in [5.41, 5.74) is 23.0. The van der Waals surface area contributed by atoms with Crippen LogP contribution in [0.2, 0.25) is 0 Å². The number of aryl methyl sites for hydroxylation is 2. The van der Waals surface area contributed by atoms with E-state index in [1.165, 1.54) is 59.7 Å². The lowest BCUT2D eigenvalue weighted by molar-refractivity contribution is -0.148. The first kappa shape index (κ1) is 89.2. The van der Waals surface area contributed by atoms with Gasteiger partial charge in [0, 0.05) is 13.8 Å². The number of aromatic nitrogens is 9. The number of benzene rings is 3. The van der Waals surface area contributed by atoms with Crippen LogP contribution in [-0.4, -0.2) is 217 Å². The van der Waals surface area contributed by atoms with Gasteiger partial charge in [0.1, 0.15) is 87.5 Å². The summed E-state index contributed by atoms with van der Waals surface area (Å²) in [7, 11) is -8.62. The molecular formula is C72H78N16O27S6. The van der Waals surface area contributed by atoms with Crippen molar-refractivity contribution < 1.29 is 103 Å². The number of aliphatic hydroxyl groups excluding tert-OH is 5. The molecule has 5 aromatic heterocycles. The standard InChI is InChI=1S/C22H24N4O9S2.C21H20N4O6S.C18H20N4O7S2.C11H14N4O5S/c1-10(2)33-16-15(35-37(30,31)13-7-5-11(3)6-8-13)14(9-32-12(4)27)34-20(16)26-18-17(36-22(26)29)19(28)25-21(23)24-18;1-10-14(9-29-20(28)13-7-5-4-6-8-13)31-19(15(10)30-12(3)26)25-11(2)32-16-17(25)23-21(22)24-18(16)27;1-8-3-5-10(6-4-8)31(26,27)29-13-11(7-23)28-17(12(13)24)22-9(2)30-14-15(22)20-18(19)21-16(14)25;1-3-15(10-6(18)5(17)4(2-16)20-10)8-7(21-3)9(19)14-11(12)13-8/h5-8,14-16,20H,1,9H2,2-4H3,(H3,23,24,25,28);4-8,14-15,19H,1-2,9H2,3H3,(H3,22,23,24,27);3-6,11-13,17,23-24H,2,7H2,1H3,(H3,19,20,21,25);4-6,10,16-18H,1-2H2,(H3,12,13,14,19)/t14-,15+,16-,20-;14-,15-,19-;11-,12-,13+,17-;4-,5+,6-,10-/m1111/s1. The first-order chi connectivity index (χ1) is 57.2. The van der Waals surface area contributed by atoms with Crippen LogP contribution in [0.5, 0.6) is 0 Å². The molecule has 0 bridgehead atoms. The number of ether oxygens (including phenoxy) is 8. The summed E-state index contributed by atoms with van der Waals surface area (Å²) >= 11 is 3.76. The number of hydrogen-bond donors (Lipinski definition) is 13. The molecule has 15 atom stereocenters. The van der Waals surface area contributed by atoms with Crippen molar-refractivity contribution in [1.82, 2.24) is 44.4 Å². The van der Waals surface area contributed by atoms with Gasteiger partial charge in [-0.2, -0.15) is 36.8 Å². The molecule has 49 heteroatoms. The van der Waals surface area contributed by atoms with E-state index < -0.39 is 177 Å². The number of nitrogen functional groups attached to an aromatic ring is 4. The van der Waals surface area contributed by atoms with Crippen LogP contribution in [0.25, 0.3) is 10.3 Å². The monoisotopic (exact) mass is 1790 g/mol. The predicted molar refractivity (Wildman–Crippen MR) is 435 cm³/mol. The normalized spacial score (nSPS) is 24.6. The Bertz CT molecular complexity index is 5980. The number of aliphatic hydroxyl groups is 5. The lowest BCUT2D eigenvalue weighted by Crippen LogP contribution is -2.44. The van der Waals surface area contributed by atoms with Crippen LogP contribution in [0.4, 0.5) is 41.2 Å². The largest absolute Gasteiger partial charge is 0.488 e. The van der Waals surface area contributed by atoms with Crippen molar-refractivity contribution in [3.63, 3.8) is 0 Å². The van der Waals surface area contributed by atoms with E-state index in [1.54, 1.807) is 61.5 Å². The number of nitrogens with one attached hydrogen (secondary N) is 4. The number of rotatable bonds is 20. The number of allylic oxidation sites excluding steroid dienone is 1. The zero-order valence-electron chi connectivity index (χ0n) is 64.1. The highest BCUT2D eigenvalue weighted by atomic mass is 32.2. The van der Waals surface area contributed by atoms with Crippen molar-refractivity contribution in [3.8, 4) is 0 Å². The molecular weight excluding hydrogens is 1710 g/mol. The molecule has 7 aliphatic rings. The number of H-pyrrole nitrogens is 4. The Morgan fingerprint density at radius 1 is 0.521 bits per heavy atom. The Hall–Kier alpha value is -11.1. The number of hydrogen-bond acceptors (Lipinski definition) is 42. The van der Waals surface area contributed by atoms with E-state index in [0.717, 1.165) is 51.0 Å². The fourth-order valence-corrected chi connectivity index (χ4v) is 18.7. The molecule has 8 aromatic rings. The third kappa shape index (κ3) is 18.9. The third-order valence-corrected chi connectivity index (χ3v) is 25.1. The van der Waals surface area contributed by atoms with Crippen molar-refractivity contribution in [2.45, 2.75) is 151 Å². The summed E-state index contributed by atoms with van der Waals surface area (Å²) in [6, 6.07) is 20.5. The van der Waals surface area contributed by atoms with Crippen LogP contribution in [0.15, 0.2) is 187 Å². The number of aromatic amines is 4. The number of anilines is 7. The fourth-order valence-electron chi connectivity index (χ4n) is 13.0. The maximum Gasteiger partial charge on any atom is 0.338 e. The van der Waals surface area contributed by atoms with Gasteiger partial charge in [0.2, 0.25) is 23.8 Å². The van der Waals surface area contributed by atoms with Crippen molar-refractivity contribution in [1.29, 1.82) is 0 Å².